The first kappa shape index (κ1) is 26.1. The van der Waals surface area contributed by atoms with Gasteiger partial charge in [0.2, 0.25) is 5.91 Å². The van der Waals surface area contributed by atoms with E-state index in [1.165, 1.54) is 12.1 Å². The van der Waals surface area contributed by atoms with Crippen LogP contribution in [0.2, 0.25) is 0 Å². The highest BCUT2D eigenvalue weighted by molar-refractivity contribution is 6.04. The van der Waals surface area contributed by atoms with E-state index < -0.39 is 6.10 Å². The molecule has 0 bridgehead atoms. The summed E-state index contributed by atoms with van der Waals surface area (Å²) in [6, 6.07) is 21.4. The quantitative estimate of drug-likeness (QED) is 0.430. The van der Waals surface area contributed by atoms with Gasteiger partial charge in [-0.05, 0) is 73.5 Å². The van der Waals surface area contributed by atoms with E-state index in [1.54, 1.807) is 37.3 Å². The number of hydrogen-bond acceptors (Lipinski definition) is 4. The summed E-state index contributed by atoms with van der Waals surface area (Å²) in [6.45, 7) is 9.79. The minimum Gasteiger partial charge on any atom is -0.484 e. The van der Waals surface area contributed by atoms with Gasteiger partial charge in [-0.25, -0.2) is 4.39 Å². The third-order valence-corrected chi connectivity index (χ3v) is 6.59. The number of nitrogens with one attached hydrogen (secondary N) is 1. The number of amides is 2. The van der Waals surface area contributed by atoms with Gasteiger partial charge in [-0.2, -0.15) is 0 Å². The van der Waals surface area contributed by atoms with E-state index in [1.807, 2.05) is 48.2 Å². The molecular formula is C30H32FN3O3. The van der Waals surface area contributed by atoms with Gasteiger partial charge in [0.05, 0.1) is 0 Å². The molecule has 6 nitrogen and oxygen atoms in total. The zero-order chi connectivity index (χ0) is 26.4. The zero-order valence-corrected chi connectivity index (χ0v) is 21.2. The molecule has 0 spiro atoms. The molecule has 1 aliphatic heterocycles. The maximum absolute atomic E-state index is 14.5. The Hall–Kier alpha value is -3.97. The van der Waals surface area contributed by atoms with Crippen LogP contribution in [0, 0.1) is 12.7 Å². The molecule has 1 N–H and O–H groups in total. The summed E-state index contributed by atoms with van der Waals surface area (Å²) in [5.41, 5.74) is 2.53. The molecule has 1 fully saturated rings. The molecule has 1 heterocycles. The molecule has 0 radical (unpaired) electrons. The predicted molar refractivity (Wildman–Crippen MR) is 143 cm³/mol. The van der Waals surface area contributed by atoms with Crippen LogP contribution in [0.5, 0.6) is 5.75 Å². The fraction of sp³-hybridized carbons (Fsp3) is 0.267. The fourth-order valence-electron chi connectivity index (χ4n) is 4.47. The molecule has 2 atom stereocenters. The van der Waals surface area contributed by atoms with Crippen molar-refractivity contribution in [3.8, 4) is 5.75 Å². The Morgan fingerprint density at radius 3 is 2.49 bits per heavy atom. The van der Waals surface area contributed by atoms with Crippen molar-refractivity contribution in [1.29, 1.82) is 0 Å². The van der Waals surface area contributed by atoms with Crippen molar-refractivity contribution >= 4 is 17.5 Å². The number of hydrogen-bond donors (Lipinski definition) is 1. The lowest BCUT2D eigenvalue weighted by molar-refractivity contribution is -0.130. The topological polar surface area (TPSA) is 61.9 Å². The Balaban J connectivity index is 1.48. The van der Waals surface area contributed by atoms with Crippen molar-refractivity contribution in [2.24, 2.45) is 0 Å². The number of piperazine rings is 1. The van der Waals surface area contributed by atoms with Gasteiger partial charge in [-0.1, -0.05) is 36.9 Å². The summed E-state index contributed by atoms with van der Waals surface area (Å²) < 4.78 is 20.8. The molecule has 0 saturated carbocycles. The van der Waals surface area contributed by atoms with Crippen molar-refractivity contribution in [3.63, 3.8) is 0 Å². The van der Waals surface area contributed by atoms with Crippen LogP contribution in [0.4, 0.5) is 10.1 Å². The minimum atomic E-state index is -0.437. The second kappa shape index (κ2) is 11.8. The fourth-order valence-corrected chi connectivity index (χ4v) is 4.47. The Labute approximate surface area is 217 Å². The average Bonchev–Trinajstić information content (AvgIpc) is 2.90. The summed E-state index contributed by atoms with van der Waals surface area (Å²) in [7, 11) is 0. The molecule has 7 heteroatoms. The summed E-state index contributed by atoms with van der Waals surface area (Å²) in [5, 5.41) is 2.87. The highest BCUT2D eigenvalue weighted by atomic mass is 19.1. The van der Waals surface area contributed by atoms with E-state index >= 15 is 0 Å². The predicted octanol–water partition coefficient (Wildman–Crippen LogP) is 5.23. The molecule has 0 unspecified atom stereocenters. The van der Waals surface area contributed by atoms with E-state index in [2.05, 4.69) is 16.8 Å². The molecule has 3 aromatic rings. The van der Waals surface area contributed by atoms with Gasteiger partial charge in [0.15, 0.2) is 0 Å². The SMILES string of the molecule is C=CC(=O)N1CCN(C[C@@H](Oc2ccc(C(=O)Nc3ccccc3)cc2)c2ccc(C)c(F)c2)C[C@H]1C. The Bertz CT molecular complexity index is 1250. The van der Waals surface area contributed by atoms with Gasteiger partial charge in [-0.3, -0.25) is 14.5 Å². The lowest BCUT2D eigenvalue weighted by Crippen LogP contribution is -2.54. The van der Waals surface area contributed by atoms with E-state index in [0.29, 0.717) is 43.1 Å². The second-order valence-electron chi connectivity index (χ2n) is 9.30. The van der Waals surface area contributed by atoms with E-state index in [9.17, 15) is 14.0 Å². The van der Waals surface area contributed by atoms with Crippen LogP contribution in [-0.2, 0) is 4.79 Å². The van der Waals surface area contributed by atoms with Gasteiger partial charge in [0.1, 0.15) is 17.7 Å². The second-order valence-corrected chi connectivity index (χ2v) is 9.30. The van der Waals surface area contributed by atoms with Crippen LogP contribution in [0.15, 0.2) is 85.5 Å². The van der Waals surface area contributed by atoms with Crippen LogP contribution >= 0.6 is 0 Å². The molecule has 3 aromatic carbocycles. The number of ether oxygens (including phenoxy) is 1. The molecule has 4 rings (SSSR count). The lowest BCUT2D eigenvalue weighted by atomic mass is 10.0. The number of halogens is 1. The first-order chi connectivity index (χ1) is 17.8. The van der Waals surface area contributed by atoms with E-state index in [-0.39, 0.29) is 23.7 Å². The molecule has 1 saturated heterocycles. The smallest absolute Gasteiger partial charge is 0.255 e. The monoisotopic (exact) mass is 501 g/mol. The van der Waals surface area contributed by atoms with Gasteiger partial charge >= 0.3 is 0 Å². The molecule has 192 valence electrons. The van der Waals surface area contributed by atoms with Gasteiger partial charge in [0.25, 0.3) is 5.91 Å². The first-order valence-electron chi connectivity index (χ1n) is 12.4. The zero-order valence-electron chi connectivity index (χ0n) is 21.2. The number of carbonyl (C=O) groups excluding carboxylic acids is 2. The van der Waals surface area contributed by atoms with Crippen LogP contribution < -0.4 is 10.1 Å². The van der Waals surface area contributed by atoms with Crippen molar-refractivity contribution in [2.45, 2.75) is 26.0 Å². The molecule has 0 aliphatic carbocycles. The van der Waals surface area contributed by atoms with Gasteiger partial charge < -0.3 is 15.0 Å². The van der Waals surface area contributed by atoms with Crippen molar-refractivity contribution < 1.29 is 18.7 Å². The number of anilines is 1. The third-order valence-electron chi connectivity index (χ3n) is 6.59. The molecule has 2 amide bonds. The summed E-state index contributed by atoms with van der Waals surface area (Å²) >= 11 is 0. The maximum Gasteiger partial charge on any atom is 0.255 e. The standard InChI is InChI=1S/C30H32FN3O3/c1-4-29(35)34-17-16-33(19-22(34)3)20-28(24-11-10-21(2)27(31)18-24)37-26-14-12-23(13-15-26)30(36)32-25-8-6-5-7-9-25/h4-15,18,22,28H,1,16-17,19-20H2,2-3H3,(H,32,36)/t22-,28-/m1/s1. The first-order valence-corrected chi connectivity index (χ1v) is 12.4. The van der Waals surface area contributed by atoms with Crippen molar-refractivity contribution in [2.75, 3.05) is 31.5 Å². The van der Waals surface area contributed by atoms with Crippen LogP contribution in [0.1, 0.15) is 34.5 Å². The van der Waals surface area contributed by atoms with Gasteiger partial charge in [0, 0.05) is 43.5 Å². The Morgan fingerprint density at radius 1 is 1.11 bits per heavy atom. The summed E-state index contributed by atoms with van der Waals surface area (Å²) in [4.78, 5) is 28.7. The molecular weight excluding hydrogens is 469 g/mol. The average molecular weight is 502 g/mol. The molecule has 0 aromatic heterocycles. The number of aryl methyl sites for hydroxylation is 1. The largest absolute Gasteiger partial charge is 0.484 e. The number of benzene rings is 3. The van der Waals surface area contributed by atoms with E-state index in [0.717, 1.165) is 11.3 Å². The number of para-hydroxylation sites is 1. The molecule has 37 heavy (non-hydrogen) atoms. The number of rotatable bonds is 8. The Kier molecular flexibility index (Phi) is 8.36. The van der Waals surface area contributed by atoms with Crippen molar-refractivity contribution in [3.05, 3.63) is 108 Å². The highest BCUT2D eigenvalue weighted by Gasteiger charge is 2.28. The summed E-state index contributed by atoms with van der Waals surface area (Å²) in [6.07, 6.45) is 0.907. The van der Waals surface area contributed by atoms with E-state index in [4.69, 9.17) is 4.74 Å². The van der Waals surface area contributed by atoms with Gasteiger partial charge in [-0.15, -0.1) is 0 Å². The maximum atomic E-state index is 14.5. The Morgan fingerprint density at radius 2 is 1.84 bits per heavy atom. The van der Waals surface area contributed by atoms with Crippen LogP contribution in [0.25, 0.3) is 0 Å². The highest BCUT2D eigenvalue weighted by Crippen LogP contribution is 2.26. The minimum absolute atomic E-state index is 0.0251. The molecule has 1 aliphatic rings. The summed E-state index contributed by atoms with van der Waals surface area (Å²) in [5.74, 6) is 0.0114. The lowest BCUT2D eigenvalue weighted by Gasteiger charge is -2.40. The number of carbonyl (C=O) groups is 2. The van der Waals surface area contributed by atoms with Crippen LogP contribution in [0.3, 0.4) is 0 Å². The van der Waals surface area contributed by atoms with Crippen molar-refractivity contribution in [1.82, 2.24) is 9.80 Å². The normalized spacial score (nSPS) is 16.6. The van der Waals surface area contributed by atoms with Crippen LogP contribution in [-0.4, -0.2) is 53.8 Å². The third kappa shape index (κ3) is 6.62. The number of nitrogens with zero attached hydrogens (tertiary/aromatic N) is 2.